The third-order valence-corrected chi connectivity index (χ3v) is 5.45. The van der Waals surface area contributed by atoms with Crippen LogP contribution in [0.2, 0.25) is 10.0 Å². The van der Waals surface area contributed by atoms with Gasteiger partial charge in [0.15, 0.2) is 5.82 Å². The van der Waals surface area contributed by atoms with Crippen LogP contribution in [0.1, 0.15) is 11.1 Å². The average Bonchev–Trinajstić information content (AvgIpc) is 3.25. The van der Waals surface area contributed by atoms with Crippen molar-refractivity contribution in [3.63, 3.8) is 0 Å². The maximum atomic E-state index is 9.09. The van der Waals surface area contributed by atoms with E-state index in [-0.39, 0.29) is 0 Å². The summed E-state index contributed by atoms with van der Waals surface area (Å²) in [6.45, 7) is 1.99. The Morgan fingerprint density at radius 2 is 1.80 bits per heavy atom. The smallest absolute Gasteiger partial charge is 0.156 e. The highest BCUT2D eigenvalue weighted by Gasteiger charge is 2.14. The molecule has 4 rings (SSSR count). The molecule has 1 N–H and O–H groups in total. The molecular weight excluding hydrogens is 417 g/mol. The predicted octanol–water partition coefficient (Wildman–Crippen LogP) is 6.39. The number of benzene rings is 2. The van der Waals surface area contributed by atoms with E-state index in [0.717, 1.165) is 33.8 Å². The van der Waals surface area contributed by atoms with E-state index in [2.05, 4.69) is 21.3 Å². The minimum Gasteiger partial charge on any atom is -0.313 e. The second-order valence-electron chi connectivity index (χ2n) is 6.87. The van der Waals surface area contributed by atoms with Crippen molar-refractivity contribution in [2.75, 3.05) is 11.9 Å². The van der Waals surface area contributed by atoms with Crippen LogP contribution in [0, 0.1) is 18.3 Å². The Hall–Kier alpha value is -3.33. The van der Waals surface area contributed by atoms with Gasteiger partial charge in [-0.15, -0.1) is 0 Å². The highest BCUT2D eigenvalue weighted by molar-refractivity contribution is 6.35. The van der Waals surface area contributed by atoms with Crippen molar-refractivity contribution in [3.05, 3.63) is 82.0 Å². The highest BCUT2D eigenvalue weighted by atomic mass is 35.5. The molecule has 0 fully saturated rings. The summed E-state index contributed by atoms with van der Waals surface area (Å²) < 4.78 is 0. The molecule has 0 amide bonds. The van der Waals surface area contributed by atoms with Crippen LogP contribution in [0.3, 0.4) is 0 Å². The van der Waals surface area contributed by atoms with Crippen LogP contribution >= 0.6 is 23.2 Å². The average molecular weight is 434 g/mol. The predicted molar refractivity (Wildman–Crippen MR) is 121 cm³/mol. The summed E-state index contributed by atoms with van der Waals surface area (Å²) in [6.07, 6.45) is 1.76. The number of aryl methyl sites for hydroxylation is 1. The zero-order valence-electron chi connectivity index (χ0n) is 16.3. The number of nitrogens with one attached hydrogen (secondary N) is 1. The normalized spacial score (nSPS) is 10.6. The van der Waals surface area contributed by atoms with Crippen molar-refractivity contribution in [3.8, 4) is 28.5 Å². The summed E-state index contributed by atoms with van der Waals surface area (Å²) in [5.74, 6) is 1.44. The molecule has 7 heteroatoms. The number of aromatic amines is 1. The van der Waals surface area contributed by atoms with Crippen LogP contribution in [0.4, 0.5) is 11.6 Å². The van der Waals surface area contributed by atoms with Gasteiger partial charge in [-0.2, -0.15) is 10.4 Å². The summed E-state index contributed by atoms with van der Waals surface area (Å²) in [5.41, 5.74) is 5.30. The van der Waals surface area contributed by atoms with Gasteiger partial charge in [-0.25, -0.2) is 4.98 Å². The Bertz CT molecular complexity index is 1270. The van der Waals surface area contributed by atoms with Crippen LogP contribution in [0.5, 0.6) is 0 Å². The summed E-state index contributed by atoms with van der Waals surface area (Å²) in [6, 6.07) is 19.0. The van der Waals surface area contributed by atoms with Gasteiger partial charge >= 0.3 is 0 Å². The molecule has 0 atom stereocenters. The fourth-order valence-electron chi connectivity index (χ4n) is 3.27. The number of hydrogen-bond acceptors (Lipinski definition) is 4. The topological polar surface area (TPSA) is 68.6 Å². The minimum absolute atomic E-state index is 0.591. The van der Waals surface area contributed by atoms with Crippen LogP contribution in [0.15, 0.2) is 60.8 Å². The van der Waals surface area contributed by atoms with Crippen molar-refractivity contribution in [1.82, 2.24) is 15.2 Å². The first-order valence-electron chi connectivity index (χ1n) is 9.18. The fourth-order valence-corrected chi connectivity index (χ4v) is 3.66. The van der Waals surface area contributed by atoms with E-state index in [1.807, 2.05) is 55.3 Å². The SMILES string of the molecule is Cc1cc(C#N)ccc1-c1ccnc(N(C)c2cc(-c3cc(Cl)ccc3Cl)[nH]n2)c1. The Balaban J connectivity index is 1.66. The van der Waals surface area contributed by atoms with Crippen LogP contribution in [-0.2, 0) is 0 Å². The molecule has 5 nitrogen and oxygen atoms in total. The first kappa shape index (κ1) is 20.0. The largest absolute Gasteiger partial charge is 0.313 e. The van der Waals surface area contributed by atoms with Gasteiger partial charge < -0.3 is 4.90 Å². The summed E-state index contributed by atoms with van der Waals surface area (Å²) >= 11 is 12.4. The van der Waals surface area contributed by atoms with E-state index in [9.17, 15) is 0 Å². The van der Waals surface area contributed by atoms with E-state index in [0.29, 0.717) is 21.4 Å². The van der Waals surface area contributed by atoms with Crippen LogP contribution in [-0.4, -0.2) is 22.2 Å². The molecule has 2 heterocycles. The molecule has 148 valence electrons. The Kier molecular flexibility index (Phi) is 5.45. The van der Waals surface area contributed by atoms with Gasteiger partial charge in [0, 0.05) is 29.9 Å². The van der Waals surface area contributed by atoms with Gasteiger partial charge in [0.05, 0.1) is 22.3 Å². The maximum absolute atomic E-state index is 9.09. The molecule has 4 aromatic rings. The zero-order valence-corrected chi connectivity index (χ0v) is 17.8. The van der Waals surface area contributed by atoms with Gasteiger partial charge in [-0.3, -0.25) is 5.10 Å². The number of H-pyrrole nitrogens is 1. The first-order valence-corrected chi connectivity index (χ1v) is 9.93. The molecule has 0 saturated carbocycles. The van der Waals surface area contributed by atoms with Crippen molar-refractivity contribution in [1.29, 1.82) is 5.26 Å². The number of halogens is 2. The standard InChI is InChI=1S/C23H17Cl2N5/c1-14-9-15(13-26)3-5-18(14)16-7-8-27-22(10-16)30(2)23-12-21(28-29-23)19-11-17(24)4-6-20(19)25/h3-12H,1-2H3,(H,28,29). The molecule has 0 aliphatic rings. The Labute approximate surface area is 184 Å². The van der Waals surface area contributed by atoms with Gasteiger partial charge in [-0.05, 0) is 66.1 Å². The fraction of sp³-hybridized carbons (Fsp3) is 0.0870. The summed E-state index contributed by atoms with van der Waals surface area (Å²) in [5, 5.41) is 17.7. The zero-order chi connectivity index (χ0) is 21.3. The second-order valence-corrected chi connectivity index (χ2v) is 7.71. The lowest BCUT2D eigenvalue weighted by Gasteiger charge is -2.16. The molecule has 0 aliphatic carbocycles. The van der Waals surface area contributed by atoms with Crippen molar-refractivity contribution in [2.45, 2.75) is 6.92 Å². The van der Waals surface area contributed by atoms with E-state index in [1.165, 1.54) is 0 Å². The lowest BCUT2D eigenvalue weighted by molar-refractivity contribution is 1.02. The van der Waals surface area contributed by atoms with Crippen molar-refractivity contribution >= 4 is 34.8 Å². The molecule has 0 bridgehead atoms. The number of nitriles is 1. The molecule has 0 aliphatic heterocycles. The van der Waals surface area contributed by atoms with Crippen LogP contribution < -0.4 is 4.90 Å². The number of aromatic nitrogens is 3. The number of anilines is 2. The first-order chi connectivity index (χ1) is 14.5. The van der Waals surface area contributed by atoms with Gasteiger partial charge in [-0.1, -0.05) is 29.3 Å². The maximum Gasteiger partial charge on any atom is 0.156 e. The monoisotopic (exact) mass is 433 g/mol. The number of pyridine rings is 1. The quantitative estimate of drug-likeness (QED) is 0.404. The van der Waals surface area contributed by atoms with E-state index < -0.39 is 0 Å². The minimum atomic E-state index is 0.591. The number of rotatable bonds is 4. The molecular formula is C23H17Cl2N5. The highest BCUT2D eigenvalue weighted by Crippen LogP contribution is 2.33. The van der Waals surface area contributed by atoms with Gasteiger partial charge in [0.2, 0.25) is 0 Å². The summed E-state index contributed by atoms with van der Waals surface area (Å²) in [7, 11) is 1.90. The van der Waals surface area contributed by atoms with Gasteiger partial charge in [0.25, 0.3) is 0 Å². The Morgan fingerprint density at radius 1 is 0.967 bits per heavy atom. The number of nitrogens with zero attached hydrogens (tertiary/aromatic N) is 4. The van der Waals surface area contributed by atoms with Gasteiger partial charge in [0.1, 0.15) is 5.82 Å². The van der Waals surface area contributed by atoms with E-state index in [1.54, 1.807) is 24.4 Å². The molecule has 0 unspecified atom stereocenters. The molecule has 2 aromatic carbocycles. The lowest BCUT2D eigenvalue weighted by Crippen LogP contribution is -2.11. The van der Waals surface area contributed by atoms with E-state index in [4.69, 9.17) is 28.5 Å². The molecule has 0 radical (unpaired) electrons. The third kappa shape index (κ3) is 3.88. The van der Waals surface area contributed by atoms with Crippen molar-refractivity contribution < 1.29 is 0 Å². The third-order valence-electron chi connectivity index (χ3n) is 4.88. The second kappa shape index (κ2) is 8.19. The molecule has 2 aromatic heterocycles. The Morgan fingerprint density at radius 3 is 2.57 bits per heavy atom. The lowest BCUT2D eigenvalue weighted by atomic mass is 9.99. The summed E-state index contributed by atoms with van der Waals surface area (Å²) in [4.78, 5) is 6.38. The van der Waals surface area contributed by atoms with Crippen LogP contribution in [0.25, 0.3) is 22.4 Å². The molecule has 0 saturated heterocycles. The van der Waals surface area contributed by atoms with Crippen molar-refractivity contribution in [2.24, 2.45) is 0 Å². The number of hydrogen-bond donors (Lipinski definition) is 1. The molecule has 30 heavy (non-hydrogen) atoms. The molecule has 0 spiro atoms. The van der Waals surface area contributed by atoms with E-state index >= 15 is 0 Å².